The molecular formula is C12H19N3O2. The average Bonchev–Trinajstić information content (AvgIpc) is 2.36. The largest absolute Gasteiger partial charge is 0.381 e. The fourth-order valence-electron chi connectivity index (χ4n) is 2.13. The van der Waals surface area contributed by atoms with Gasteiger partial charge in [0.1, 0.15) is 0 Å². The average molecular weight is 237 g/mol. The molecule has 0 aliphatic heterocycles. The van der Waals surface area contributed by atoms with Crippen LogP contribution in [0.2, 0.25) is 0 Å². The summed E-state index contributed by atoms with van der Waals surface area (Å²) in [5.74, 6) is 0. The van der Waals surface area contributed by atoms with Gasteiger partial charge in [0, 0.05) is 12.6 Å². The zero-order valence-electron chi connectivity index (χ0n) is 9.95. The number of anilines is 1. The van der Waals surface area contributed by atoms with Gasteiger partial charge in [0.05, 0.1) is 24.6 Å². The van der Waals surface area contributed by atoms with E-state index in [1.807, 2.05) is 0 Å². The molecule has 1 aromatic heterocycles. The summed E-state index contributed by atoms with van der Waals surface area (Å²) < 4.78 is 5.77. The highest BCUT2D eigenvalue weighted by molar-refractivity contribution is 5.38. The Labute approximate surface area is 101 Å². The fourth-order valence-corrected chi connectivity index (χ4v) is 2.13. The second kappa shape index (κ2) is 6.39. The molecule has 17 heavy (non-hydrogen) atoms. The molecular weight excluding hydrogens is 218 g/mol. The van der Waals surface area contributed by atoms with Crippen molar-refractivity contribution in [3.63, 3.8) is 0 Å². The molecule has 0 spiro atoms. The number of hydrogen-bond donors (Lipinski definition) is 2. The molecule has 0 amide bonds. The van der Waals surface area contributed by atoms with Gasteiger partial charge in [-0.3, -0.25) is 4.79 Å². The van der Waals surface area contributed by atoms with Crippen molar-refractivity contribution in [2.75, 3.05) is 18.5 Å². The molecule has 1 saturated carbocycles. The molecule has 0 bridgehead atoms. The van der Waals surface area contributed by atoms with Crippen molar-refractivity contribution in [2.45, 2.75) is 38.2 Å². The van der Waals surface area contributed by atoms with Gasteiger partial charge in [0.15, 0.2) is 0 Å². The summed E-state index contributed by atoms with van der Waals surface area (Å²) in [4.78, 5) is 11.0. The number of nitrogens with zero attached hydrogens (tertiary/aromatic N) is 1. The Hall–Kier alpha value is -1.36. The Balaban J connectivity index is 1.64. The Morgan fingerprint density at radius 2 is 2.24 bits per heavy atom. The van der Waals surface area contributed by atoms with Gasteiger partial charge < -0.3 is 10.1 Å². The van der Waals surface area contributed by atoms with E-state index in [4.69, 9.17) is 4.74 Å². The third-order valence-electron chi connectivity index (χ3n) is 3.00. The third-order valence-corrected chi connectivity index (χ3v) is 3.00. The molecule has 0 aromatic carbocycles. The first-order valence-electron chi connectivity index (χ1n) is 6.25. The third kappa shape index (κ3) is 4.19. The van der Waals surface area contributed by atoms with E-state index in [0.717, 1.165) is 5.69 Å². The number of hydrogen-bond acceptors (Lipinski definition) is 4. The molecule has 1 aliphatic rings. The fraction of sp³-hybridized carbons (Fsp3) is 0.667. The monoisotopic (exact) mass is 237 g/mol. The van der Waals surface area contributed by atoms with Gasteiger partial charge in [-0.25, -0.2) is 5.10 Å². The predicted octanol–water partition coefficient (Wildman–Crippen LogP) is 1.53. The highest BCUT2D eigenvalue weighted by Crippen LogP contribution is 2.19. The molecule has 5 heteroatoms. The molecule has 1 fully saturated rings. The Morgan fingerprint density at radius 1 is 1.41 bits per heavy atom. The van der Waals surface area contributed by atoms with Crippen LogP contribution in [0.4, 0.5) is 5.69 Å². The molecule has 0 saturated heterocycles. The van der Waals surface area contributed by atoms with Crippen LogP contribution in [-0.4, -0.2) is 29.5 Å². The van der Waals surface area contributed by atoms with Crippen LogP contribution in [0.25, 0.3) is 0 Å². The zero-order valence-corrected chi connectivity index (χ0v) is 9.95. The molecule has 0 atom stereocenters. The van der Waals surface area contributed by atoms with Crippen molar-refractivity contribution in [3.8, 4) is 0 Å². The van der Waals surface area contributed by atoms with Gasteiger partial charge in [0.2, 0.25) is 0 Å². The van der Waals surface area contributed by atoms with E-state index in [1.165, 1.54) is 38.2 Å². The SMILES string of the molecule is O=c1cc(NCCOC2CCCCC2)cn[nH]1. The maximum absolute atomic E-state index is 11.0. The highest BCUT2D eigenvalue weighted by atomic mass is 16.5. The molecule has 1 aliphatic carbocycles. The minimum Gasteiger partial charge on any atom is -0.381 e. The normalized spacial score (nSPS) is 16.9. The van der Waals surface area contributed by atoms with Gasteiger partial charge in [0.25, 0.3) is 5.56 Å². The van der Waals surface area contributed by atoms with Crippen molar-refractivity contribution in [1.82, 2.24) is 10.2 Å². The predicted molar refractivity (Wildman–Crippen MR) is 66.2 cm³/mol. The first-order chi connectivity index (χ1) is 8.34. The smallest absolute Gasteiger partial charge is 0.266 e. The summed E-state index contributed by atoms with van der Waals surface area (Å²) in [6, 6.07) is 1.49. The lowest BCUT2D eigenvalue weighted by Crippen LogP contribution is -2.21. The van der Waals surface area contributed by atoms with E-state index < -0.39 is 0 Å². The first kappa shape index (κ1) is 12.1. The van der Waals surface area contributed by atoms with Gasteiger partial charge in [-0.2, -0.15) is 5.10 Å². The minimum absolute atomic E-state index is 0.191. The van der Waals surface area contributed by atoms with Crippen LogP contribution in [0.1, 0.15) is 32.1 Å². The van der Waals surface area contributed by atoms with E-state index >= 15 is 0 Å². The van der Waals surface area contributed by atoms with Crippen LogP contribution in [0, 0.1) is 0 Å². The van der Waals surface area contributed by atoms with Gasteiger partial charge in [-0.1, -0.05) is 19.3 Å². The molecule has 1 aromatic rings. The number of ether oxygens (including phenoxy) is 1. The van der Waals surface area contributed by atoms with E-state index in [0.29, 0.717) is 19.3 Å². The van der Waals surface area contributed by atoms with Crippen LogP contribution < -0.4 is 10.9 Å². The number of H-pyrrole nitrogens is 1. The second-order valence-electron chi connectivity index (χ2n) is 4.39. The van der Waals surface area contributed by atoms with Crippen molar-refractivity contribution >= 4 is 5.69 Å². The summed E-state index contributed by atoms with van der Waals surface area (Å²) in [6.07, 6.45) is 8.33. The van der Waals surface area contributed by atoms with E-state index in [2.05, 4.69) is 15.5 Å². The Kier molecular flexibility index (Phi) is 4.55. The molecule has 94 valence electrons. The molecule has 2 rings (SSSR count). The number of aromatic nitrogens is 2. The van der Waals surface area contributed by atoms with Crippen LogP contribution in [0.15, 0.2) is 17.1 Å². The quantitative estimate of drug-likeness (QED) is 0.762. The van der Waals surface area contributed by atoms with E-state index in [1.54, 1.807) is 6.20 Å². The maximum Gasteiger partial charge on any atom is 0.266 e. The van der Waals surface area contributed by atoms with Crippen LogP contribution >= 0.6 is 0 Å². The number of aromatic amines is 1. The first-order valence-corrected chi connectivity index (χ1v) is 6.25. The van der Waals surface area contributed by atoms with Crippen LogP contribution in [0.5, 0.6) is 0 Å². The van der Waals surface area contributed by atoms with Gasteiger partial charge in [-0.05, 0) is 12.8 Å². The van der Waals surface area contributed by atoms with E-state index in [-0.39, 0.29) is 5.56 Å². The van der Waals surface area contributed by atoms with Crippen molar-refractivity contribution < 1.29 is 4.74 Å². The standard InChI is InChI=1S/C12H19N3O2/c16-12-8-10(9-14-15-12)13-6-7-17-11-4-2-1-3-5-11/h8-9,11H,1-7H2,(H2,13,15,16). The summed E-state index contributed by atoms with van der Waals surface area (Å²) in [5, 5.41) is 9.17. The lowest BCUT2D eigenvalue weighted by molar-refractivity contribution is 0.0347. The lowest BCUT2D eigenvalue weighted by Gasteiger charge is -2.22. The number of nitrogens with one attached hydrogen (secondary N) is 2. The molecule has 1 heterocycles. The van der Waals surface area contributed by atoms with Crippen molar-refractivity contribution in [2.24, 2.45) is 0 Å². The lowest BCUT2D eigenvalue weighted by atomic mass is 9.98. The zero-order chi connectivity index (χ0) is 11.9. The molecule has 5 nitrogen and oxygen atoms in total. The van der Waals surface area contributed by atoms with Crippen molar-refractivity contribution in [3.05, 3.63) is 22.6 Å². The van der Waals surface area contributed by atoms with Crippen molar-refractivity contribution in [1.29, 1.82) is 0 Å². The van der Waals surface area contributed by atoms with Crippen LogP contribution in [0.3, 0.4) is 0 Å². The minimum atomic E-state index is -0.191. The maximum atomic E-state index is 11.0. The summed E-state index contributed by atoms with van der Waals surface area (Å²) in [7, 11) is 0. The van der Waals surface area contributed by atoms with Gasteiger partial charge >= 0.3 is 0 Å². The topological polar surface area (TPSA) is 67.0 Å². The summed E-state index contributed by atoms with van der Waals surface area (Å²) in [6.45, 7) is 1.39. The Bertz CT molecular complexity index is 385. The summed E-state index contributed by atoms with van der Waals surface area (Å²) >= 11 is 0. The van der Waals surface area contributed by atoms with Gasteiger partial charge in [-0.15, -0.1) is 0 Å². The molecule has 0 unspecified atom stereocenters. The molecule has 0 radical (unpaired) electrons. The number of rotatable bonds is 5. The second-order valence-corrected chi connectivity index (χ2v) is 4.39. The van der Waals surface area contributed by atoms with Crippen LogP contribution in [-0.2, 0) is 4.74 Å². The highest BCUT2D eigenvalue weighted by Gasteiger charge is 2.12. The van der Waals surface area contributed by atoms with E-state index in [9.17, 15) is 4.79 Å². The Morgan fingerprint density at radius 3 is 3.00 bits per heavy atom. The summed E-state index contributed by atoms with van der Waals surface area (Å²) in [5.41, 5.74) is 0.546. The molecule has 2 N–H and O–H groups in total.